The van der Waals surface area contributed by atoms with E-state index < -0.39 is 15.8 Å². The van der Waals surface area contributed by atoms with Gasteiger partial charge in [-0.15, -0.1) is 12.4 Å². The van der Waals surface area contributed by atoms with Gasteiger partial charge in [-0.2, -0.15) is 4.31 Å². The van der Waals surface area contributed by atoms with Crippen LogP contribution in [0, 0.1) is 11.7 Å². The predicted molar refractivity (Wildman–Crippen MR) is 83.8 cm³/mol. The Morgan fingerprint density at radius 3 is 2.76 bits per heavy atom. The highest BCUT2D eigenvalue weighted by atomic mass is 35.5. The topological polar surface area (TPSA) is 63.4 Å². The van der Waals surface area contributed by atoms with Crippen LogP contribution in [0.3, 0.4) is 0 Å². The number of nitrogens with zero attached hydrogens (tertiary/aromatic N) is 1. The lowest BCUT2D eigenvalue weighted by atomic mass is 9.94. The fourth-order valence-electron chi connectivity index (χ4n) is 2.57. The Hall–Kier alpha value is -0.400. The first kappa shape index (κ1) is 18.6. The first-order valence-electron chi connectivity index (χ1n) is 6.54. The summed E-state index contributed by atoms with van der Waals surface area (Å²) in [5.41, 5.74) is 5.67. The lowest BCUT2D eigenvalue weighted by Crippen LogP contribution is -2.49. The third-order valence-corrected chi connectivity index (χ3v) is 5.96. The Morgan fingerprint density at radius 2 is 2.14 bits per heavy atom. The molecule has 0 spiro atoms. The van der Waals surface area contributed by atoms with Gasteiger partial charge in [-0.25, -0.2) is 12.8 Å². The van der Waals surface area contributed by atoms with E-state index in [1.165, 1.54) is 22.5 Å². The van der Waals surface area contributed by atoms with Crippen LogP contribution in [-0.2, 0) is 10.0 Å². The number of hydrogen-bond acceptors (Lipinski definition) is 3. The summed E-state index contributed by atoms with van der Waals surface area (Å²) in [6, 6.07) is 3.71. The van der Waals surface area contributed by atoms with Crippen molar-refractivity contribution >= 4 is 34.0 Å². The van der Waals surface area contributed by atoms with Crippen molar-refractivity contribution < 1.29 is 12.8 Å². The molecule has 1 aliphatic rings. The standard InChI is InChI=1S/C13H18ClFN2O2S.ClH/c1-9-5-6-17(10(7-9)8-16)20(18,19)12-4-2-3-11(14)13(12)15;/h2-4,9-10H,5-8,16H2,1H3;1H. The zero-order chi connectivity index (χ0) is 14.9. The minimum absolute atomic E-state index is 0. The monoisotopic (exact) mass is 356 g/mol. The van der Waals surface area contributed by atoms with E-state index >= 15 is 0 Å². The average molecular weight is 357 g/mol. The lowest BCUT2D eigenvalue weighted by Gasteiger charge is -2.36. The van der Waals surface area contributed by atoms with E-state index in [1.807, 2.05) is 0 Å². The average Bonchev–Trinajstić information content (AvgIpc) is 2.41. The molecule has 1 heterocycles. The van der Waals surface area contributed by atoms with Gasteiger partial charge in [-0.3, -0.25) is 0 Å². The number of halogens is 3. The highest BCUT2D eigenvalue weighted by Gasteiger charge is 2.36. The van der Waals surface area contributed by atoms with Gasteiger partial charge in [0.2, 0.25) is 10.0 Å². The zero-order valence-electron chi connectivity index (χ0n) is 11.6. The van der Waals surface area contributed by atoms with E-state index in [0.717, 1.165) is 6.42 Å². The van der Waals surface area contributed by atoms with E-state index in [0.29, 0.717) is 18.9 Å². The first-order chi connectivity index (χ1) is 9.37. The second-order valence-corrected chi connectivity index (χ2v) is 7.45. The smallest absolute Gasteiger partial charge is 0.246 e. The van der Waals surface area contributed by atoms with Crippen LogP contribution in [0.5, 0.6) is 0 Å². The summed E-state index contributed by atoms with van der Waals surface area (Å²) in [5, 5.41) is -0.194. The lowest BCUT2D eigenvalue weighted by molar-refractivity contribution is 0.210. The van der Waals surface area contributed by atoms with E-state index in [4.69, 9.17) is 17.3 Å². The first-order valence-corrected chi connectivity index (χ1v) is 8.35. The molecule has 1 saturated heterocycles. The van der Waals surface area contributed by atoms with Crippen molar-refractivity contribution in [2.75, 3.05) is 13.1 Å². The molecule has 0 bridgehead atoms. The number of rotatable bonds is 3. The molecular formula is C13H19Cl2FN2O2S. The molecule has 0 radical (unpaired) electrons. The van der Waals surface area contributed by atoms with Crippen LogP contribution in [0.25, 0.3) is 0 Å². The van der Waals surface area contributed by atoms with Gasteiger partial charge < -0.3 is 5.73 Å². The quantitative estimate of drug-likeness (QED) is 0.905. The Bertz CT molecular complexity index is 598. The van der Waals surface area contributed by atoms with Crippen molar-refractivity contribution in [1.82, 2.24) is 4.31 Å². The van der Waals surface area contributed by atoms with Crippen molar-refractivity contribution in [3.05, 3.63) is 29.0 Å². The van der Waals surface area contributed by atoms with E-state index in [-0.39, 0.29) is 34.9 Å². The maximum Gasteiger partial charge on any atom is 0.246 e. The van der Waals surface area contributed by atoms with Crippen molar-refractivity contribution in [3.63, 3.8) is 0 Å². The summed E-state index contributed by atoms with van der Waals surface area (Å²) in [6.45, 7) is 2.65. The molecular weight excluding hydrogens is 338 g/mol. The van der Waals surface area contributed by atoms with Gasteiger partial charge in [0.05, 0.1) is 5.02 Å². The summed E-state index contributed by atoms with van der Waals surface area (Å²) in [5.74, 6) is -0.484. The normalized spacial score (nSPS) is 23.6. The molecule has 2 unspecified atom stereocenters. The van der Waals surface area contributed by atoms with E-state index in [1.54, 1.807) is 0 Å². The molecule has 4 nitrogen and oxygen atoms in total. The SMILES string of the molecule is CC1CCN(S(=O)(=O)c2cccc(Cl)c2F)C(CN)C1.Cl. The molecule has 2 rings (SSSR count). The van der Waals surface area contributed by atoms with Gasteiger partial charge >= 0.3 is 0 Å². The second kappa shape index (κ2) is 7.24. The third kappa shape index (κ3) is 3.68. The minimum atomic E-state index is -3.91. The van der Waals surface area contributed by atoms with Crippen LogP contribution in [0.2, 0.25) is 5.02 Å². The highest BCUT2D eigenvalue weighted by Crippen LogP contribution is 2.30. The molecule has 2 N–H and O–H groups in total. The van der Waals surface area contributed by atoms with Crippen molar-refractivity contribution in [1.29, 1.82) is 0 Å². The summed E-state index contributed by atoms with van der Waals surface area (Å²) in [4.78, 5) is -0.377. The number of piperidine rings is 1. The molecule has 21 heavy (non-hydrogen) atoms. The van der Waals surface area contributed by atoms with Crippen molar-refractivity contribution in [2.24, 2.45) is 11.7 Å². The molecule has 8 heteroatoms. The zero-order valence-corrected chi connectivity index (χ0v) is 14.0. The molecule has 1 aromatic rings. The highest BCUT2D eigenvalue weighted by molar-refractivity contribution is 7.89. The molecule has 0 aromatic heterocycles. The number of hydrogen-bond donors (Lipinski definition) is 1. The molecule has 1 aromatic carbocycles. The van der Waals surface area contributed by atoms with Crippen LogP contribution in [0.15, 0.2) is 23.1 Å². The largest absolute Gasteiger partial charge is 0.329 e. The fraction of sp³-hybridized carbons (Fsp3) is 0.538. The molecule has 0 amide bonds. The maximum absolute atomic E-state index is 14.0. The number of benzene rings is 1. The summed E-state index contributed by atoms with van der Waals surface area (Å²) >= 11 is 5.67. The maximum atomic E-state index is 14.0. The molecule has 1 aliphatic heterocycles. The van der Waals surface area contributed by atoms with Crippen molar-refractivity contribution in [2.45, 2.75) is 30.7 Å². The van der Waals surface area contributed by atoms with Gasteiger partial charge in [0, 0.05) is 19.1 Å². The Kier molecular flexibility index (Phi) is 6.43. The molecule has 120 valence electrons. The van der Waals surface area contributed by atoms with Crippen molar-refractivity contribution in [3.8, 4) is 0 Å². The Labute approximate surface area is 135 Å². The number of sulfonamides is 1. The van der Waals surface area contributed by atoms with Gasteiger partial charge in [0.1, 0.15) is 4.90 Å². The van der Waals surface area contributed by atoms with Crippen LogP contribution >= 0.6 is 24.0 Å². The Balaban J connectivity index is 0.00000220. The van der Waals surface area contributed by atoms with E-state index in [2.05, 4.69) is 6.92 Å². The fourth-order valence-corrected chi connectivity index (χ4v) is 4.55. The van der Waals surface area contributed by atoms with Crippen LogP contribution < -0.4 is 5.73 Å². The van der Waals surface area contributed by atoms with Gasteiger partial charge in [0.25, 0.3) is 0 Å². The van der Waals surface area contributed by atoms with E-state index in [9.17, 15) is 12.8 Å². The number of nitrogens with two attached hydrogens (primary N) is 1. The van der Waals surface area contributed by atoms with Gasteiger partial charge in [-0.05, 0) is 30.9 Å². The molecule has 1 fully saturated rings. The predicted octanol–water partition coefficient (Wildman–Crippen LogP) is 2.65. The van der Waals surface area contributed by atoms with Gasteiger partial charge in [-0.1, -0.05) is 24.6 Å². The van der Waals surface area contributed by atoms with Crippen LogP contribution in [0.4, 0.5) is 4.39 Å². The minimum Gasteiger partial charge on any atom is -0.329 e. The molecule has 2 atom stereocenters. The molecule has 0 aliphatic carbocycles. The van der Waals surface area contributed by atoms with Crippen LogP contribution in [0.1, 0.15) is 19.8 Å². The van der Waals surface area contributed by atoms with Crippen LogP contribution in [-0.4, -0.2) is 31.9 Å². The van der Waals surface area contributed by atoms with Gasteiger partial charge in [0.15, 0.2) is 5.82 Å². The summed E-state index contributed by atoms with van der Waals surface area (Å²) < 4.78 is 40.5. The third-order valence-electron chi connectivity index (χ3n) is 3.70. The summed E-state index contributed by atoms with van der Waals surface area (Å²) in [6.07, 6.45) is 1.44. The molecule has 0 saturated carbocycles. The Morgan fingerprint density at radius 1 is 1.48 bits per heavy atom. The summed E-state index contributed by atoms with van der Waals surface area (Å²) in [7, 11) is -3.91. The second-order valence-electron chi connectivity index (χ2n) is 5.19.